The topological polar surface area (TPSA) is 0 Å². The van der Waals surface area contributed by atoms with Crippen molar-refractivity contribution >= 4 is 0 Å². The van der Waals surface area contributed by atoms with Crippen LogP contribution in [0.25, 0.3) is 0 Å². The van der Waals surface area contributed by atoms with E-state index in [-0.39, 0.29) is 7.43 Å². The van der Waals surface area contributed by atoms with Gasteiger partial charge in [-0.05, 0) is 31.4 Å². The Morgan fingerprint density at radius 3 is 1.42 bits per heavy atom. The monoisotopic (exact) mass is 254 g/mol. The lowest BCUT2D eigenvalue weighted by Crippen LogP contribution is -2.01. The standard InChI is InChI=1S/C18H22.CH4/c1-4-5-18(16-10-6-14(2)7-11-16)17-12-8-15(3)9-13-17;/h6-13,18H,4-5H2,1-3H3;1H4. The Labute approximate surface area is 118 Å². The highest BCUT2D eigenvalue weighted by molar-refractivity contribution is 5.35. The lowest BCUT2D eigenvalue weighted by Gasteiger charge is -2.17. The van der Waals surface area contributed by atoms with Gasteiger partial charge in [0.15, 0.2) is 0 Å². The smallest absolute Gasteiger partial charge is 0.00892 e. The molecule has 2 aromatic carbocycles. The molecule has 0 radical (unpaired) electrons. The van der Waals surface area contributed by atoms with Crippen LogP contribution in [0, 0.1) is 13.8 Å². The minimum absolute atomic E-state index is 0. The van der Waals surface area contributed by atoms with Gasteiger partial charge in [0.1, 0.15) is 0 Å². The van der Waals surface area contributed by atoms with Crippen LogP contribution in [0.2, 0.25) is 0 Å². The predicted octanol–water partition coefficient (Wildman–Crippen LogP) is 5.87. The average molecular weight is 254 g/mol. The molecule has 0 saturated heterocycles. The molecule has 0 saturated carbocycles. The molecular weight excluding hydrogens is 228 g/mol. The lowest BCUT2D eigenvalue weighted by molar-refractivity contribution is 0.698. The molecule has 0 heterocycles. The van der Waals surface area contributed by atoms with Crippen molar-refractivity contribution in [2.24, 2.45) is 0 Å². The molecular formula is C19H26. The van der Waals surface area contributed by atoms with E-state index in [1.807, 2.05) is 0 Å². The van der Waals surface area contributed by atoms with Crippen molar-refractivity contribution in [2.75, 3.05) is 0 Å². The summed E-state index contributed by atoms with van der Waals surface area (Å²) >= 11 is 0. The second kappa shape index (κ2) is 7.13. The number of rotatable bonds is 4. The van der Waals surface area contributed by atoms with Crippen LogP contribution in [0.4, 0.5) is 0 Å². The Kier molecular flexibility index (Phi) is 5.82. The Morgan fingerprint density at radius 1 is 0.737 bits per heavy atom. The van der Waals surface area contributed by atoms with Crippen LogP contribution >= 0.6 is 0 Å². The van der Waals surface area contributed by atoms with Crippen LogP contribution in [0.3, 0.4) is 0 Å². The zero-order valence-electron chi connectivity index (χ0n) is 11.6. The highest BCUT2D eigenvalue weighted by atomic mass is 14.2. The van der Waals surface area contributed by atoms with Gasteiger partial charge in [-0.2, -0.15) is 0 Å². The van der Waals surface area contributed by atoms with Gasteiger partial charge in [-0.1, -0.05) is 80.4 Å². The van der Waals surface area contributed by atoms with Crippen LogP contribution in [0.1, 0.15) is 55.4 Å². The van der Waals surface area contributed by atoms with E-state index in [0.717, 1.165) is 0 Å². The quantitative estimate of drug-likeness (QED) is 0.640. The minimum atomic E-state index is 0. The SMILES string of the molecule is C.CCCC(c1ccc(C)cc1)c1ccc(C)cc1. The normalized spacial score (nSPS) is 10.3. The van der Waals surface area contributed by atoms with Gasteiger partial charge in [-0.15, -0.1) is 0 Å². The first-order valence-corrected chi connectivity index (χ1v) is 6.84. The summed E-state index contributed by atoms with van der Waals surface area (Å²) in [5.41, 5.74) is 5.54. The van der Waals surface area contributed by atoms with Gasteiger partial charge in [0.05, 0.1) is 0 Å². The predicted molar refractivity (Wildman–Crippen MR) is 85.8 cm³/mol. The Hall–Kier alpha value is -1.56. The van der Waals surface area contributed by atoms with E-state index < -0.39 is 0 Å². The fourth-order valence-electron chi connectivity index (χ4n) is 2.41. The third-order valence-corrected chi connectivity index (χ3v) is 3.54. The van der Waals surface area contributed by atoms with Crippen molar-refractivity contribution in [1.82, 2.24) is 0 Å². The molecule has 0 heteroatoms. The zero-order chi connectivity index (χ0) is 13.0. The van der Waals surface area contributed by atoms with Gasteiger partial charge in [0.25, 0.3) is 0 Å². The molecule has 0 aliphatic carbocycles. The summed E-state index contributed by atoms with van der Waals surface area (Å²) in [6.07, 6.45) is 2.43. The van der Waals surface area contributed by atoms with E-state index in [4.69, 9.17) is 0 Å². The number of hydrogen-bond acceptors (Lipinski definition) is 0. The maximum absolute atomic E-state index is 2.27. The summed E-state index contributed by atoms with van der Waals surface area (Å²) in [5, 5.41) is 0. The molecule has 0 aliphatic rings. The molecule has 19 heavy (non-hydrogen) atoms. The second-order valence-corrected chi connectivity index (χ2v) is 5.16. The molecule has 0 atom stereocenters. The van der Waals surface area contributed by atoms with Crippen LogP contribution in [0.5, 0.6) is 0 Å². The lowest BCUT2D eigenvalue weighted by atomic mass is 9.87. The molecule has 0 amide bonds. The minimum Gasteiger partial charge on any atom is -0.0776 e. The van der Waals surface area contributed by atoms with Crippen molar-refractivity contribution in [2.45, 2.75) is 47.0 Å². The Balaban J connectivity index is 0.00000180. The number of aryl methyl sites for hydroxylation is 2. The number of hydrogen-bond donors (Lipinski definition) is 0. The van der Waals surface area contributed by atoms with Gasteiger partial charge >= 0.3 is 0 Å². The van der Waals surface area contributed by atoms with Crippen LogP contribution in [-0.2, 0) is 0 Å². The summed E-state index contributed by atoms with van der Waals surface area (Å²) in [4.78, 5) is 0. The Bertz CT molecular complexity index is 431. The van der Waals surface area contributed by atoms with Crippen LogP contribution in [-0.4, -0.2) is 0 Å². The summed E-state index contributed by atoms with van der Waals surface area (Å²) in [6, 6.07) is 18.0. The summed E-state index contributed by atoms with van der Waals surface area (Å²) in [5.74, 6) is 0.538. The first-order chi connectivity index (χ1) is 8.70. The molecule has 0 unspecified atom stereocenters. The highest BCUT2D eigenvalue weighted by Gasteiger charge is 2.12. The average Bonchev–Trinajstić information content (AvgIpc) is 2.39. The molecule has 0 aliphatic heterocycles. The summed E-state index contributed by atoms with van der Waals surface area (Å²) in [6.45, 7) is 6.55. The number of benzene rings is 2. The Morgan fingerprint density at radius 2 is 1.11 bits per heavy atom. The largest absolute Gasteiger partial charge is 0.0776 e. The van der Waals surface area contributed by atoms with E-state index in [1.54, 1.807) is 0 Å². The van der Waals surface area contributed by atoms with Crippen molar-refractivity contribution < 1.29 is 0 Å². The first kappa shape index (κ1) is 15.5. The zero-order valence-corrected chi connectivity index (χ0v) is 11.6. The fourth-order valence-corrected chi connectivity index (χ4v) is 2.41. The summed E-state index contributed by atoms with van der Waals surface area (Å²) in [7, 11) is 0. The van der Waals surface area contributed by atoms with Gasteiger partial charge in [0, 0.05) is 5.92 Å². The highest BCUT2D eigenvalue weighted by Crippen LogP contribution is 2.29. The maximum Gasteiger partial charge on any atom is 0.00892 e. The first-order valence-electron chi connectivity index (χ1n) is 6.84. The van der Waals surface area contributed by atoms with Crippen molar-refractivity contribution in [3.05, 3.63) is 70.8 Å². The van der Waals surface area contributed by atoms with Crippen LogP contribution < -0.4 is 0 Å². The molecule has 102 valence electrons. The van der Waals surface area contributed by atoms with Gasteiger partial charge in [-0.3, -0.25) is 0 Å². The molecule has 2 aromatic rings. The van der Waals surface area contributed by atoms with Gasteiger partial charge in [0.2, 0.25) is 0 Å². The fraction of sp³-hybridized carbons (Fsp3) is 0.368. The molecule has 0 nitrogen and oxygen atoms in total. The molecule has 0 N–H and O–H groups in total. The van der Waals surface area contributed by atoms with Gasteiger partial charge < -0.3 is 0 Å². The van der Waals surface area contributed by atoms with E-state index in [0.29, 0.717) is 5.92 Å². The molecule has 2 rings (SSSR count). The summed E-state index contributed by atoms with van der Waals surface area (Å²) < 4.78 is 0. The van der Waals surface area contributed by atoms with Crippen molar-refractivity contribution in [3.8, 4) is 0 Å². The van der Waals surface area contributed by atoms with Crippen molar-refractivity contribution in [3.63, 3.8) is 0 Å². The third-order valence-electron chi connectivity index (χ3n) is 3.54. The second-order valence-electron chi connectivity index (χ2n) is 5.16. The maximum atomic E-state index is 2.27. The van der Waals surface area contributed by atoms with Gasteiger partial charge in [-0.25, -0.2) is 0 Å². The third kappa shape index (κ3) is 3.96. The van der Waals surface area contributed by atoms with E-state index in [9.17, 15) is 0 Å². The molecule has 0 bridgehead atoms. The van der Waals surface area contributed by atoms with E-state index >= 15 is 0 Å². The molecule has 0 aromatic heterocycles. The van der Waals surface area contributed by atoms with E-state index in [2.05, 4.69) is 69.3 Å². The molecule has 0 fully saturated rings. The molecule has 0 spiro atoms. The van der Waals surface area contributed by atoms with E-state index in [1.165, 1.54) is 35.1 Å². The van der Waals surface area contributed by atoms with Crippen LogP contribution in [0.15, 0.2) is 48.5 Å². The van der Waals surface area contributed by atoms with Crippen molar-refractivity contribution in [1.29, 1.82) is 0 Å².